The molecule has 0 spiro atoms. The number of amides is 1. The Morgan fingerprint density at radius 3 is 2.81 bits per heavy atom. The van der Waals surface area contributed by atoms with E-state index in [2.05, 4.69) is 10.4 Å². The fourth-order valence-corrected chi connectivity index (χ4v) is 3.57. The van der Waals surface area contributed by atoms with Gasteiger partial charge in [0, 0.05) is 11.8 Å². The van der Waals surface area contributed by atoms with Crippen LogP contribution in [-0.4, -0.2) is 26.7 Å². The molecule has 1 amide bonds. The normalized spacial score (nSPS) is 18.4. The minimum Gasteiger partial charge on any atom is -0.399 e. The zero-order valence-corrected chi connectivity index (χ0v) is 12.5. The van der Waals surface area contributed by atoms with Gasteiger partial charge in [-0.2, -0.15) is 5.10 Å². The molecular formula is C15H18N4OS. The molecule has 1 aromatic carbocycles. The van der Waals surface area contributed by atoms with Crippen LogP contribution in [0.1, 0.15) is 19.3 Å². The SMILES string of the molecule is Nc1ccc(-n2nccc2NC(=O)C2CCCCS2)cc1. The molecule has 1 aliphatic heterocycles. The second-order valence-corrected chi connectivity index (χ2v) is 6.37. The van der Waals surface area contributed by atoms with Gasteiger partial charge in [-0.15, -0.1) is 11.8 Å². The molecule has 0 saturated carbocycles. The van der Waals surface area contributed by atoms with Crippen LogP contribution in [0.15, 0.2) is 36.5 Å². The monoisotopic (exact) mass is 302 g/mol. The number of benzene rings is 1. The molecule has 3 rings (SSSR count). The molecule has 1 aliphatic rings. The highest BCUT2D eigenvalue weighted by Crippen LogP contribution is 2.26. The average Bonchev–Trinajstić information content (AvgIpc) is 2.97. The van der Waals surface area contributed by atoms with Crippen molar-refractivity contribution < 1.29 is 4.79 Å². The van der Waals surface area contributed by atoms with E-state index in [0.29, 0.717) is 11.5 Å². The zero-order chi connectivity index (χ0) is 14.7. The Bertz CT molecular complexity index is 617. The predicted molar refractivity (Wildman–Crippen MR) is 86.7 cm³/mol. The van der Waals surface area contributed by atoms with Crippen molar-refractivity contribution in [3.05, 3.63) is 36.5 Å². The highest BCUT2D eigenvalue weighted by atomic mass is 32.2. The van der Waals surface area contributed by atoms with Crippen LogP contribution in [0.2, 0.25) is 0 Å². The molecule has 6 heteroatoms. The number of aromatic nitrogens is 2. The van der Waals surface area contributed by atoms with Crippen molar-refractivity contribution in [3.63, 3.8) is 0 Å². The molecule has 1 aromatic heterocycles. The fourth-order valence-electron chi connectivity index (χ4n) is 2.37. The summed E-state index contributed by atoms with van der Waals surface area (Å²) in [4.78, 5) is 12.3. The van der Waals surface area contributed by atoms with Gasteiger partial charge in [0.05, 0.1) is 17.1 Å². The molecule has 2 aromatic rings. The van der Waals surface area contributed by atoms with Gasteiger partial charge >= 0.3 is 0 Å². The minimum atomic E-state index is 0.0496. The number of nitrogens with two attached hydrogens (primary N) is 1. The first-order chi connectivity index (χ1) is 10.2. The predicted octanol–water partition coefficient (Wildman–Crippen LogP) is 2.68. The van der Waals surface area contributed by atoms with E-state index in [4.69, 9.17) is 5.73 Å². The van der Waals surface area contributed by atoms with Gasteiger partial charge in [0.1, 0.15) is 5.82 Å². The fraction of sp³-hybridized carbons (Fsp3) is 0.333. The summed E-state index contributed by atoms with van der Waals surface area (Å²) in [5.41, 5.74) is 7.27. The Balaban J connectivity index is 1.76. The van der Waals surface area contributed by atoms with E-state index in [1.54, 1.807) is 22.6 Å². The summed E-state index contributed by atoms with van der Waals surface area (Å²) in [6.07, 6.45) is 4.96. The Hall–Kier alpha value is -1.95. The molecule has 1 atom stereocenters. The first-order valence-corrected chi connectivity index (χ1v) is 8.11. The maximum absolute atomic E-state index is 12.3. The second-order valence-electron chi connectivity index (χ2n) is 5.06. The van der Waals surface area contributed by atoms with Crippen LogP contribution < -0.4 is 11.1 Å². The smallest absolute Gasteiger partial charge is 0.238 e. The molecule has 1 fully saturated rings. The number of carbonyl (C=O) groups is 1. The second kappa shape index (κ2) is 6.22. The maximum atomic E-state index is 12.3. The van der Waals surface area contributed by atoms with E-state index in [1.807, 2.05) is 30.3 Å². The minimum absolute atomic E-state index is 0.0496. The Morgan fingerprint density at radius 1 is 1.29 bits per heavy atom. The summed E-state index contributed by atoms with van der Waals surface area (Å²) < 4.78 is 1.71. The average molecular weight is 302 g/mol. The van der Waals surface area contributed by atoms with Gasteiger partial charge in [-0.05, 0) is 42.9 Å². The van der Waals surface area contributed by atoms with Crippen molar-refractivity contribution >= 4 is 29.2 Å². The van der Waals surface area contributed by atoms with Crippen molar-refractivity contribution in [2.24, 2.45) is 0 Å². The Morgan fingerprint density at radius 2 is 2.10 bits per heavy atom. The van der Waals surface area contributed by atoms with Crippen LogP contribution in [0.25, 0.3) is 5.69 Å². The molecule has 0 aliphatic carbocycles. The number of carbonyl (C=O) groups excluding carboxylic acids is 1. The van der Waals surface area contributed by atoms with Crippen molar-refractivity contribution in [2.75, 3.05) is 16.8 Å². The number of rotatable bonds is 3. The van der Waals surface area contributed by atoms with Gasteiger partial charge in [-0.25, -0.2) is 4.68 Å². The van der Waals surface area contributed by atoms with E-state index in [1.165, 1.54) is 6.42 Å². The Kier molecular flexibility index (Phi) is 4.15. The van der Waals surface area contributed by atoms with Gasteiger partial charge in [0.2, 0.25) is 5.91 Å². The number of nitrogen functional groups attached to an aromatic ring is 1. The first kappa shape index (κ1) is 14.0. The van der Waals surface area contributed by atoms with Gasteiger partial charge < -0.3 is 11.1 Å². The van der Waals surface area contributed by atoms with Crippen LogP contribution in [-0.2, 0) is 4.79 Å². The van der Waals surface area contributed by atoms with E-state index >= 15 is 0 Å². The third-order valence-corrected chi connectivity index (χ3v) is 4.88. The van der Waals surface area contributed by atoms with Gasteiger partial charge in [0.15, 0.2) is 0 Å². The third kappa shape index (κ3) is 3.21. The van der Waals surface area contributed by atoms with E-state index in [-0.39, 0.29) is 11.2 Å². The highest BCUT2D eigenvalue weighted by molar-refractivity contribution is 8.00. The van der Waals surface area contributed by atoms with Crippen LogP contribution >= 0.6 is 11.8 Å². The molecule has 0 bridgehead atoms. The van der Waals surface area contributed by atoms with Gasteiger partial charge in [-0.1, -0.05) is 6.42 Å². The molecule has 5 nitrogen and oxygen atoms in total. The van der Waals surface area contributed by atoms with Crippen LogP contribution in [0, 0.1) is 0 Å². The topological polar surface area (TPSA) is 72.9 Å². The molecule has 3 N–H and O–H groups in total. The number of nitrogens with zero attached hydrogens (tertiary/aromatic N) is 2. The lowest BCUT2D eigenvalue weighted by Crippen LogP contribution is -2.28. The highest BCUT2D eigenvalue weighted by Gasteiger charge is 2.22. The first-order valence-electron chi connectivity index (χ1n) is 7.06. The molecule has 1 unspecified atom stereocenters. The zero-order valence-electron chi connectivity index (χ0n) is 11.7. The number of nitrogens with one attached hydrogen (secondary N) is 1. The molecule has 0 radical (unpaired) electrons. The lowest BCUT2D eigenvalue weighted by Gasteiger charge is -2.20. The lowest BCUT2D eigenvalue weighted by atomic mass is 10.2. The molecule has 110 valence electrons. The maximum Gasteiger partial charge on any atom is 0.238 e. The van der Waals surface area contributed by atoms with Crippen molar-refractivity contribution in [1.82, 2.24) is 9.78 Å². The van der Waals surface area contributed by atoms with E-state index in [9.17, 15) is 4.79 Å². The van der Waals surface area contributed by atoms with Crippen LogP contribution in [0.5, 0.6) is 0 Å². The standard InChI is InChI=1S/C15H18N4OS/c16-11-4-6-12(7-5-11)19-14(8-9-17-19)18-15(20)13-3-1-2-10-21-13/h4-9,13H,1-3,10,16H2,(H,18,20). The summed E-state index contributed by atoms with van der Waals surface area (Å²) in [6.45, 7) is 0. The van der Waals surface area contributed by atoms with E-state index in [0.717, 1.165) is 24.3 Å². The van der Waals surface area contributed by atoms with Crippen molar-refractivity contribution in [3.8, 4) is 5.69 Å². The van der Waals surface area contributed by atoms with Crippen LogP contribution in [0.3, 0.4) is 0 Å². The van der Waals surface area contributed by atoms with E-state index < -0.39 is 0 Å². The van der Waals surface area contributed by atoms with Crippen molar-refractivity contribution in [2.45, 2.75) is 24.5 Å². The molecular weight excluding hydrogens is 284 g/mol. The van der Waals surface area contributed by atoms with Gasteiger partial charge in [-0.3, -0.25) is 4.79 Å². The summed E-state index contributed by atoms with van der Waals surface area (Å²) in [5, 5.41) is 7.30. The number of thioether (sulfide) groups is 1. The third-order valence-electron chi connectivity index (χ3n) is 3.50. The largest absolute Gasteiger partial charge is 0.399 e. The number of hydrogen-bond donors (Lipinski definition) is 2. The molecule has 2 heterocycles. The summed E-state index contributed by atoms with van der Waals surface area (Å²) in [5.74, 6) is 1.82. The quantitative estimate of drug-likeness (QED) is 0.855. The summed E-state index contributed by atoms with van der Waals surface area (Å²) >= 11 is 1.74. The number of hydrogen-bond acceptors (Lipinski definition) is 4. The Labute approximate surface area is 127 Å². The summed E-state index contributed by atoms with van der Waals surface area (Å²) in [7, 11) is 0. The molecule has 1 saturated heterocycles. The number of anilines is 2. The van der Waals surface area contributed by atoms with Gasteiger partial charge in [0.25, 0.3) is 0 Å². The van der Waals surface area contributed by atoms with Crippen molar-refractivity contribution in [1.29, 1.82) is 0 Å². The summed E-state index contributed by atoms with van der Waals surface area (Å²) in [6, 6.07) is 9.21. The molecule has 21 heavy (non-hydrogen) atoms. The van der Waals surface area contributed by atoms with Crippen LogP contribution in [0.4, 0.5) is 11.5 Å². The lowest BCUT2D eigenvalue weighted by molar-refractivity contribution is -0.115.